The zero-order valence-electron chi connectivity index (χ0n) is 12.1. The molecule has 0 saturated carbocycles. The predicted molar refractivity (Wildman–Crippen MR) is 75.2 cm³/mol. The van der Waals surface area contributed by atoms with Crippen LogP contribution in [-0.2, 0) is 23.1 Å². The molecule has 0 fully saturated rings. The molecule has 2 aliphatic rings. The lowest BCUT2D eigenvalue weighted by atomic mass is 9.96. The van der Waals surface area contributed by atoms with E-state index in [0.29, 0.717) is 13.2 Å². The number of nitrogens with zero attached hydrogens (tertiary/aromatic N) is 3. The minimum Gasteiger partial charge on any atom is -0.384 e. The first-order chi connectivity index (χ1) is 9.70. The molecule has 5 nitrogen and oxygen atoms in total. The van der Waals surface area contributed by atoms with Crippen LogP contribution in [0.3, 0.4) is 0 Å². The van der Waals surface area contributed by atoms with Gasteiger partial charge in [-0.25, -0.2) is 0 Å². The Kier molecular flexibility index (Phi) is 3.61. The van der Waals surface area contributed by atoms with Gasteiger partial charge in [0.05, 0.1) is 18.5 Å². The van der Waals surface area contributed by atoms with Gasteiger partial charge >= 0.3 is 0 Å². The molecule has 1 amide bonds. The number of fused-ring (bicyclic) bond motifs is 1. The van der Waals surface area contributed by atoms with Crippen molar-refractivity contribution >= 4 is 5.91 Å². The van der Waals surface area contributed by atoms with Crippen LogP contribution in [0, 0.1) is 0 Å². The molecule has 1 aromatic rings. The van der Waals surface area contributed by atoms with E-state index in [4.69, 9.17) is 4.74 Å². The number of carbonyl (C=O) groups excluding carboxylic acids is 1. The second kappa shape index (κ2) is 5.40. The lowest BCUT2D eigenvalue weighted by Gasteiger charge is -2.33. The summed E-state index contributed by atoms with van der Waals surface area (Å²) in [6, 6.07) is 0. The van der Waals surface area contributed by atoms with Crippen LogP contribution in [-0.4, -0.2) is 40.8 Å². The summed E-state index contributed by atoms with van der Waals surface area (Å²) < 4.78 is 7.23. The van der Waals surface area contributed by atoms with Gasteiger partial charge in [0.25, 0.3) is 0 Å². The minimum atomic E-state index is 0.193. The van der Waals surface area contributed by atoms with Crippen molar-refractivity contribution in [3.63, 3.8) is 0 Å². The Bertz CT molecular complexity index is 547. The summed E-state index contributed by atoms with van der Waals surface area (Å²) in [5.41, 5.74) is 3.33. The molecule has 0 N–H and O–H groups in total. The van der Waals surface area contributed by atoms with Gasteiger partial charge in [-0.1, -0.05) is 6.08 Å². The van der Waals surface area contributed by atoms with Gasteiger partial charge in [0.15, 0.2) is 0 Å². The predicted octanol–water partition coefficient (Wildman–Crippen LogP) is 1.60. The number of amides is 1. The second-order valence-corrected chi connectivity index (χ2v) is 5.64. The summed E-state index contributed by atoms with van der Waals surface area (Å²) in [5.74, 6) is 0.403. The molecule has 20 heavy (non-hydrogen) atoms. The Labute approximate surface area is 119 Å². The monoisotopic (exact) mass is 275 g/mol. The normalized spacial score (nSPS) is 21.8. The van der Waals surface area contributed by atoms with E-state index in [2.05, 4.69) is 11.2 Å². The van der Waals surface area contributed by atoms with E-state index in [-0.39, 0.29) is 11.8 Å². The van der Waals surface area contributed by atoms with E-state index >= 15 is 0 Å². The first-order valence-corrected chi connectivity index (χ1v) is 7.18. The van der Waals surface area contributed by atoms with Crippen LogP contribution in [0.4, 0.5) is 0 Å². The van der Waals surface area contributed by atoms with E-state index in [1.165, 1.54) is 5.69 Å². The number of hydrogen-bond acceptors (Lipinski definition) is 3. The molecule has 1 aromatic heterocycles. The molecule has 0 radical (unpaired) electrons. The van der Waals surface area contributed by atoms with E-state index < -0.39 is 0 Å². The Morgan fingerprint density at radius 3 is 3.10 bits per heavy atom. The van der Waals surface area contributed by atoms with Gasteiger partial charge in [0.1, 0.15) is 0 Å². The summed E-state index contributed by atoms with van der Waals surface area (Å²) in [5, 5.41) is 4.33. The molecule has 0 aromatic carbocycles. The number of methoxy groups -OCH3 is 1. The van der Waals surface area contributed by atoms with E-state index in [0.717, 1.165) is 36.9 Å². The average Bonchev–Trinajstić information content (AvgIpc) is 3.08. The molecule has 5 heteroatoms. The van der Waals surface area contributed by atoms with Crippen molar-refractivity contribution in [2.45, 2.75) is 31.7 Å². The number of rotatable bonds is 3. The van der Waals surface area contributed by atoms with Gasteiger partial charge in [-0.15, -0.1) is 0 Å². The SMILES string of the molecule is COC[C@H]1CN(C(=O)C2=CCCC2)Cc2cnn(C)c21. The first kappa shape index (κ1) is 13.4. The van der Waals surface area contributed by atoms with E-state index in [1.807, 2.05) is 22.8 Å². The molecule has 0 saturated heterocycles. The van der Waals surface area contributed by atoms with Crippen LogP contribution in [0.25, 0.3) is 0 Å². The molecule has 2 heterocycles. The highest BCUT2D eigenvalue weighted by molar-refractivity contribution is 5.94. The van der Waals surface area contributed by atoms with Crippen LogP contribution >= 0.6 is 0 Å². The molecule has 1 aliphatic carbocycles. The number of hydrogen-bond donors (Lipinski definition) is 0. The van der Waals surface area contributed by atoms with Crippen molar-refractivity contribution in [1.29, 1.82) is 0 Å². The van der Waals surface area contributed by atoms with Crippen LogP contribution in [0.1, 0.15) is 36.4 Å². The number of carbonyl (C=O) groups is 1. The smallest absolute Gasteiger partial charge is 0.249 e. The molecular formula is C15H21N3O2. The van der Waals surface area contributed by atoms with Gasteiger partial charge in [-0.2, -0.15) is 5.10 Å². The number of aromatic nitrogens is 2. The highest BCUT2D eigenvalue weighted by Gasteiger charge is 2.32. The summed E-state index contributed by atoms with van der Waals surface area (Å²) in [4.78, 5) is 14.5. The van der Waals surface area contributed by atoms with Crippen molar-refractivity contribution in [2.24, 2.45) is 7.05 Å². The Morgan fingerprint density at radius 2 is 2.40 bits per heavy atom. The summed E-state index contributed by atoms with van der Waals surface area (Å²) in [7, 11) is 3.66. The number of ether oxygens (including phenoxy) is 1. The van der Waals surface area contributed by atoms with Gasteiger partial charge in [0.2, 0.25) is 5.91 Å². The van der Waals surface area contributed by atoms with Crippen LogP contribution in [0.5, 0.6) is 0 Å². The standard InChI is InChI=1S/C15H21N3O2/c1-17-14-12(7-16-17)8-18(9-13(14)10-20-2)15(19)11-5-3-4-6-11/h5,7,13H,3-4,6,8-10H2,1-2H3/t13-/m1/s1. The highest BCUT2D eigenvalue weighted by atomic mass is 16.5. The lowest BCUT2D eigenvalue weighted by molar-refractivity contribution is -0.128. The topological polar surface area (TPSA) is 47.4 Å². The molecule has 1 atom stereocenters. The lowest BCUT2D eigenvalue weighted by Crippen LogP contribution is -2.40. The Balaban J connectivity index is 1.84. The maximum Gasteiger partial charge on any atom is 0.249 e. The molecule has 1 aliphatic heterocycles. The Hall–Kier alpha value is -1.62. The fraction of sp³-hybridized carbons (Fsp3) is 0.600. The van der Waals surface area contributed by atoms with Crippen molar-refractivity contribution in [2.75, 3.05) is 20.3 Å². The highest BCUT2D eigenvalue weighted by Crippen LogP contribution is 2.30. The largest absolute Gasteiger partial charge is 0.384 e. The summed E-state index contributed by atoms with van der Waals surface area (Å²) in [6.07, 6.45) is 7.03. The van der Waals surface area contributed by atoms with Crippen LogP contribution in [0.2, 0.25) is 0 Å². The molecular weight excluding hydrogens is 254 g/mol. The molecule has 0 bridgehead atoms. The van der Waals surface area contributed by atoms with Crippen molar-refractivity contribution in [1.82, 2.24) is 14.7 Å². The zero-order valence-corrected chi connectivity index (χ0v) is 12.1. The van der Waals surface area contributed by atoms with Gasteiger partial charge in [-0.3, -0.25) is 9.48 Å². The Morgan fingerprint density at radius 1 is 1.55 bits per heavy atom. The maximum absolute atomic E-state index is 12.6. The molecule has 3 rings (SSSR count). The second-order valence-electron chi connectivity index (χ2n) is 5.64. The van der Waals surface area contributed by atoms with Crippen LogP contribution in [0.15, 0.2) is 17.8 Å². The van der Waals surface area contributed by atoms with Gasteiger partial charge < -0.3 is 9.64 Å². The third kappa shape index (κ3) is 2.26. The van der Waals surface area contributed by atoms with Crippen LogP contribution < -0.4 is 0 Å². The third-order valence-electron chi connectivity index (χ3n) is 4.22. The van der Waals surface area contributed by atoms with Crippen molar-refractivity contribution in [3.05, 3.63) is 29.1 Å². The quantitative estimate of drug-likeness (QED) is 0.842. The number of aryl methyl sites for hydroxylation is 1. The third-order valence-corrected chi connectivity index (χ3v) is 4.22. The van der Waals surface area contributed by atoms with E-state index in [1.54, 1.807) is 7.11 Å². The fourth-order valence-corrected chi connectivity index (χ4v) is 3.32. The average molecular weight is 275 g/mol. The van der Waals surface area contributed by atoms with Gasteiger partial charge in [-0.05, 0) is 19.3 Å². The maximum atomic E-state index is 12.6. The summed E-state index contributed by atoms with van der Waals surface area (Å²) in [6.45, 7) is 2.01. The van der Waals surface area contributed by atoms with Crippen molar-refractivity contribution < 1.29 is 9.53 Å². The first-order valence-electron chi connectivity index (χ1n) is 7.18. The number of allylic oxidation sites excluding steroid dienone is 1. The molecule has 0 unspecified atom stereocenters. The molecule has 0 spiro atoms. The molecule has 108 valence electrons. The fourth-order valence-electron chi connectivity index (χ4n) is 3.32. The minimum absolute atomic E-state index is 0.193. The van der Waals surface area contributed by atoms with Gasteiger partial charge in [0, 0.05) is 44.3 Å². The zero-order chi connectivity index (χ0) is 14.1. The summed E-state index contributed by atoms with van der Waals surface area (Å²) >= 11 is 0. The van der Waals surface area contributed by atoms with Crippen molar-refractivity contribution in [3.8, 4) is 0 Å². The van der Waals surface area contributed by atoms with E-state index in [9.17, 15) is 4.79 Å².